The molecule has 0 bridgehead atoms. The van der Waals surface area contributed by atoms with Crippen LogP contribution in [0.2, 0.25) is 0 Å². The summed E-state index contributed by atoms with van der Waals surface area (Å²) in [6.07, 6.45) is 6.65. The van der Waals surface area contributed by atoms with Gasteiger partial charge < -0.3 is 15.3 Å². The van der Waals surface area contributed by atoms with Crippen LogP contribution in [0.5, 0.6) is 0 Å². The summed E-state index contributed by atoms with van der Waals surface area (Å²) in [5.74, 6) is 0.820. The molecule has 1 aliphatic rings. The molecule has 1 fully saturated rings. The van der Waals surface area contributed by atoms with Crippen LogP contribution in [0.1, 0.15) is 39.0 Å². The van der Waals surface area contributed by atoms with E-state index in [-0.39, 0.29) is 6.10 Å². The van der Waals surface area contributed by atoms with Crippen molar-refractivity contribution in [1.82, 2.24) is 10.2 Å². The van der Waals surface area contributed by atoms with Gasteiger partial charge >= 0.3 is 0 Å². The van der Waals surface area contributed by atoms with Crippen molar-refractivity contribution in [1.29, 1.82) is 0 Å². The van der Waals surface area contributed by atoms with Gasteiger partial charge in [0.2, 0.25) is 0 Å². The average molecular weight is 228 g/mol. The molecular formula is C13H28N2O. The summed E-state index contributed by atoms with van der Waals surface area (Å²) < 4.78 is 0. The van der Waals surface area contributed by atoms with Crippen LogP contribution < -0.4 is 5.32 Å². The van der Waals surface area contributed by atoms with Gasteiger partial charge in [-0.05, 0) is 39.8 Å². The van der Waals surface area contributed by atoms with E-state index in [1.165, 1.54) is 32.1 Å². The van der Waals surface area contributed by atoms with E-state index in [0.29, 0.717) is 6.04 Å². The Balaban J connectivity index is 2.15. The van der Waals surface area contributed by atoms with Crippen molar-refractivity contribution in [3.05, 3.63) is 0 Å². The lowest BCUT2D eigenvalue weighted by Crippen LogP contribution is -2.42. The standard InChI is InChI=1S/C13H28N2O/c1-11(12-7-5-4-6-8-12)14-9-13(16)10-15(2)3/h11-14,16H,4-10H2,1-3H3. The Bertz CT molecular complexity index is 179. The van der Waals surface area contributed by atoms with Gasteiger partial charge in [-0.15, -0.1) is 0 Å². The lowest BCUT2D eigenvalue weighted by molar-refractivity contribution is 0.126. The molecule has 0 spiro atoms. The molecule has 0 aliphatic heterocycles. The Hall–Kier alpha value is -0.120. The summed E-state index contributed by atoms with van der Waals surface area (Å²) in [6, 6.07) is 0.553. The van der Waals surface area contributed by atoms with Gasteiger partial charge in [-0.1, -0.05) is 19.3 Å². The van der Waals surface area contributed by atoms with Crippen LogP contribution in [0.25, 0.3) is 0 Å². The first-order valence-corrected chi connectivity index (χ1v) is 6.65. The van der Waals surface area contributed by atoms with Crippen LogP contribution in [-0.4, -0.2) is 49.3 Å². The molecule has 96 valence electrons. The van der Waals surface area contributed by atoms with Gasteiger partial charge in [-0.3, -0.25) is 0 Å². The Morgan fingerprint density at radius 1 is 1.25 bits per heavy atom. The second kappa shape index (κ2) is 7.25. The monoisotopic (exact) mass is 228 g/mol. The van der Waals surface area contributed by atoms with E-state index in [1.54, 1.807) is 0 Å². The van der Waals surface area contributed by atoms with Crippen LogP contribution in [0.15, 0.2) is 0 Å². The van der Waals surface area contributed by atoms with Crippen molar-refractivity contribution < 1.29 is 5.11 Å². The highest BCUT2D eigenvalue weighted by Crippen LogP contribution is 2.26. The number of rotatable bonds is 6. The SMILES string of the molecule is CC(NCC(O)CN(C)C)C1CCCCC1. The first kappa shape index (κ1) is 13.9. The van der Waals surface area contributed by atoms with Gasteiger partial charge in [0.15, 0.2) is 0 Å². The van der Waals surface area contributed by atoms with Gasteiger partial charge in [0, 0.05) is 19.1 Å². The predicted octanol–water partition coefficient (Wildman–Crippen LogP) is 1.47. The number of hydrogen-bond donors (Lipinski definition) is 2. The third-order valence-electron chi connectivity index (χ3n) is 3.61. The normalized spacial score (nSPS) is 22.3. The van der Waals surface area contributed by atoms with Crippen molar-refractivity contribution in [2.45, 2.75) is 51.2 Å². The quantitative estimate of drug-likeness (QED) is 0.722. The highest BCUT2D eigenvalue weighted by Gasteiger charge is 2.20. The molecule has 2 N–H and O–H groups in total. The number of hydrogen-bond acceptors (Lipinski definition) is 3. The molecule has 2 unspecified atom stereocenters. The van der Waals surface area contributed by atoms with E-state index in [4.69, 9.17) is 0 Å². The molecule has 2 atom stereocenters. The summed E-state index contributed by atoms with van der Waals surface area (Å²) in [6.45, 7) is 3.72. The summed E-state index contributed by atoms with van der Waals surface area (Å²) in [5, 5.41) is 13.2. The minimum Gasteiger partial charge on any atom is -0.390 e. The first-order chi connectivity index (χ1) is 7.59. The van der Waals surface area contributed by atoms with Gasteiger partial charge in [0.25, 0.3) is 0 Å². The van der Waals surface area contributed by atoms with Crippen molar-refractivity contribution >= 4 is 0 Å². The number of aliphatic hydroxyl groups is 1. The number of likely N-dealkylation sites (N-methyl/N-ethyl adjacent to an activating group) is 1. The van der Waals surface area contributed by atoms with Crippen molar-refractivity contribution in [2.75, 3.05) is 27.2 Å². The van der Waals surface area contributed by atoms with E-state index >= 15 is 0 Å². The van der Waals surface area contributed by atoms with Crippen LogP contribution >= 0.6 is 0 Å². The largest absolute Gasteiger partial charge is 0.390 e. The Kier molecular flexibility index (Phi) is 6.32. The Morgan fingerprint density at radius 3 is 2.44 bits per heavy atom. The van der Waals surface area contributed by atoms with E-state index in [9.17, 15) is 5.11 Å². The number of nitrogens with one attached hydrogen (secondary N) is 1. The summed E-state index contributed by atoms with van der Waals surface area (Å²) >= 11 is 0. The molecule has 0 aromatic carbocycles. The minimum atomic E-state index is -0.249. The molecule has 0 heterocycles. The first-order valence-electron chi connectivity index (χ1n) is 6.65. The smallest absolute Gasteiger partial charge is 0.0791 e. The lowest BCUT2D eigenvalue weighted by Gasteiger charge is -2.29. The molecule has 0 radical (unpaired) electrons. The van der Waals surface area contributed by atoms with Crippen LogP contribution in [0.3, 0.4) is 0 Å². The van der Waals surface area contributed by atoms with Crippen LogP contribution in [0.4, 0.5) is 0 Å². The fourth-order valence-electron chi connectivity index (χ4n) is 2.61. The summed E-state index contributed by atoms with van der Waals surface area (Å²) in [7, 11) is 3.99. The molecular weight excluding hydrogens is 200 g/mol. The molecule has 0 aromatic rings. The summed E-state index contributed by atoms with van der Waals surface area (Å²) in [5.41, 5.74) is 0. The minimum absolute atomic E-state index is 0.249. The average Bonchev–Trinajstić information content (AvgIpc) is 2.26. The second-order valence-corrected chi connectivity index (χ2v) is 5.51. The molecule has 3 heteroatoms. The third-order valence-corrected chi connectivity index (χ3v) is 3.61. The topological polar surface area (TPSA) is 35.5 Å². The highest BCUT2D eigenvalue weighted by molar-refractivity contribution is 4.77. The second-order valence-electron chi connectivity index (χ2n) is 5.51. The zero-order chi connectivity index (χ0) is 12.0. The fourth-order valence-corrected chi connectivity index (χ4v) is 2.61. The van der Waals surface area contributed by atoms with E-state index in [1.807, 2.05) is 19.0 Å². The molecule has 16 heavy (non-hydrogen) atoms. The number of aliphatic hydroxyl groups excluding tert-OH is 1. The fraction of sp³-hybridized carbons (Fsp3) is 1.00. The van der Waals surface area contributed by atoms with Crippen molar-refractivity contribution in [3.8, 4) is 0 Å². The van der Waals surface area contributed by atoms with Gasteiger partial charge in [0.05, 0.1) is 6.10 Å². The molecule has 1 rings (SSSR count). The Labute approximate surface area is 100 Å². The van der Waals surface area contributed by atoms with Crippen LogP contribution in [-0.2, 0) is 0 Å². The molecule has 3 nitrogen and oxygen atoms in total. The maximum atomic E-state index is 9.76. The third kappa shape index (κ3) is 5.28. The molecule has 0 amide bonds. The highest BCUT2D eigenvalue weighted by atomic mass is 16.3. The summed E-state index contributed by atoms with van der Waals surface area (Å²) in [4.78, 5) is 2.03. The van der Waals surface area contributed by atoms with Gasteiger partial charge in [-0.2, -0.15) is 0 Å². The number of nitrogens with zero attached hydrogens (tertiary/aromatic N) is 1. The molecule has 0 saturated heterocycles. The maximum Gasteiger partial charge on any atom is 0.0791 e. The van der Waals surface area contributed by atoms with Crippen molar-refractivity contribution in [2.24, 2.45) is 5.92 Å². The van der Waals surface area contributed by atoms with Gasteiger partial charge in [0.1, 0.15) is 0 Å². The van der Waals surface area contributed by atoms with Crippen molar-refractivity contribution in [3.63, 3.8) is 0 Å². The van der Waals surface area contributed by atoms with E-state index < -0.39 is 0 Å². The van der Waals surface area contributed by atoms with Crippen LogP contribution in [0, 0.1) is 5.92 Å². The van der Waals surface area contributed by atoms with E-state index in [2.05, 4.69) is 12.2 Å². The molecule has 1 saturated carbocycles. The molecule has 1 aliphatic carbocycles. The maximum absolute atomic E-state index is 9.76. The predicted molar refractivity (Wildman–Crippen MR) is 68.6 cm³/mol. The zero-order valence-corrected chi connectivity index (χ0v) is 11.1. The Morgan fingerprint density at radius 2 is 1.88 bits per heavy atom. The van der Waals surface area contributed by atoms with E-state index in [0.717, 1.165) is 19.0 Å². The lowest BCUT2D eigenvalue weighted by atomic mass is 9.84. The van der Waals surface area contributed by atoms with Gasteiger partial charge in [-0.25, -0.2) is 0 Å². The zero-order valence-electron chi connectivity index (χ0n) is 11.1. The molecule has 0 aromatic heterocycles.